The molecule has 0 spiro atoms. The van der Waals surface area contributed by atoms with Crippen LogP contribution in [0.2, 0.25) is 10.0 Å². The number of ether oxygens (including phenoxy) is 2. The van der Waals surface area contributed by atoms with E-state index in [9.17, 15) is 9.59 Å². The van der Waals surface area contributed by atoms with E-state index >= 15 is 0 Å². The van der Waals surface area contributed by atoms with Crippen molar-refractivity contribution < 1.29 is 19.1 Å². The Kier molecular flexibility index (Phi) is 5.65. The Balaban J connectivity index is 1.51. The van der Waals surface area contributed by atoms with Gasteiger partial charge in [0, 0.05) is 16.1 Å². The van der Waals surface area contributed by atoms with Gasteiger partial charge in [-0.1, -0.05) is 35.3 Å². The van der Waals surface area contributed by atoms with E-state index in [0.29, 0.717) is 27.1 Å². The van der Waals surface area contributed by atoms with Crippen LogP contribution in [0.25, 0.3) is 6.08 Å². The van der Waals surface area contributed by atoms with E-state index < -0.39 is 17.9 Å². The number of carbonyl (C=O) groups is 2. The molecule has 0 aliphatic carbocycles. The van der Waals surface area contributed by atoms with Crippen LogP contribution < -0.4 is 20.3 Å². The molecule has 26 heavy (non-hydrogen) atoms. The van der Waals surface area contributed by atoms with Crippen LogP contribution in [0.3, 0.4) is 0 Å². The number of amides is 2. The summed E-state index contributed by atoms with van der Waals surface area (Å²) in [6, 6.07) is 11.9. The molecule has 2 N–H and O–H groups in total. The standard InChI is InChI=1S/C18H14Cl2N2O4/c19-12-7-11(8-13(20)9-12)5-6-17(23)21-22-18(24)16-10-25-14-3-1-2-4-15(14)26-16/h1-9,16H,10H2,(H,21,23)(H,22,24)/b6-5+/t16-/m1/s1. The molecular formula is C18H14Cl2N2O4. The fourth-order valence-electron chi connectivity index (χ4n) is 2.24. The van der Waals surface area contributed by atoms with Crippen LogP contribution in [0.15, 0.2) is 48.5 Å². The monoisotopic (exact) mass is 392 g/mol. The van der Waals surface area contributed by atoms with Gasteiger partial charge in [-0.25, -0.2) is 0 Å². The van der Waals surface area contributed by atoms with Gasteiger partial charge in [0.05, 0.1) is 0 Å². The number of para-hydroxylation sites is 2. The van der Waals surface area contributed by atoms with E-state index in [0.717, 1.165) is 0 Å². The molecule has 0 radical (unpaired) electrons. The predicted molar refractivity (Wildman–Crippen MR) is 98.1 cm³/mol. The Labute approximate surface area is 159 Å². The highest BCUT2D eigenvalue weighted by Gasteiger charge is 2.27. The van der Waals surface area contributed by atoms with E-state index in [1.807, 2.05) is 6.07 Å². The molecule has 134 valence electrons. The summed E-state index contributed by atoms with van der Waals surface area (Å²) in [6.45, 7) is 0.0512. The van der Waals surface area contributed by atoms with Crippen LogP contribution in [-0.4, -0.2) is 24.5 Å². The molecule has 1 heterocycles. The van der Waals surface area contributed by atoms with E-state index in [2.05, 4.69) is 10.9 Å². The molecule has 2 aromatic rings. The van der Waals surface area contributed by atoms with Gasteiger partial charge in [0.1, 0.15) is 6.61 Å². The maximum atomic E-state index is 12.1. The van der Waals surface area contributed by atoms with Crippen molar-refractivity contribution in [1.82, 2.24) is 10.9 Å². The number of hydrogen-bond donors (Lipinski definition) is 2. The van der Waals surface area contributed by atoms with Gasteiger partial charge in [0.25, 0.3) is 11.8 Å². The topological polar surface area (TPSA) is 76.7 Å². The molecule has 3 rings (SSSR count). The molecule has 1 aliphatic rings. The second-order valence-corrected chi connectivity index (χ2v) is 6.25. The van der Waals surface area contributed by atoms with Gasteiger partial charge >= 0.3 is 0 Å². The first-order valence-corrected chi connectivity index (χ1v) is 8.39. The lowest BCUT2D eigenvalue weighted by Gasteiger charge is -2.25. The van der Waals surface area contributed by atoms with Gasteiger partial charge in [-0.2, -0.15) is 0 Å². The Morgan fingerprint density at radius 2 is 1.73 bits per heavy atom. The lowest BCUT2D eigenvalue weighted by atomic mass is 10.2. The van der Waals surface area contributed by atoms with Gasteiger partial charge in [-0.3, -0.25) is 20.4 Å². The molecule has 0 fully saturated rings. The van der Waals surface area contributed by atoms with Crippen LogP contribution in [0, 0.1) is 0 Å². The number of benzene rings is 2. The van der Waals surface area contributed by atoms with Crippen molar-refractivity contribution in [2.75, 3.05) is 6.61 Å². The van der Waals surface area contributed by atoms with Gasteiger partial charge < -0.3 is 9.47 Å². The smallest absolute Gasteiger partial charge is 0.283 e. The van der Waals surface area contributed by atoms with Gasteiger partial charge in [0.2, 0.25) is 6.10 Å². The lowest BCUT2D eigenvalue weighted by Crippen LogP contribution is -2.50. The quantitative estimate of drug-likeness (QED) is 0.621. The highest BCUT2D eigenvalue weighted by molar-refractivity contribution is 6.34. The number of fused-ring (bicyclic) bond motifs is 1. The van der Waals surface area contributed by atoms with Crippen molar-refractivity contribution >= 4 is 41.1 Å². The van der Waals surface area contributed by atoms with Crippen LogP contribution in [0.1, 0.15) is 5.56 Å². The Morgan fingerprint density at radius 1 is 1.04 bits per heavy atom. The minimum absolute atomic E-state index is 0.0512. The molecule has 1 atom stereocenters. The first kappa shape index (κ1) is 18.1. The number of halogens is 2. The zero-order chi connectivity index (χ0) is 18.5. The van der Waals surface area contributed by atoms with Crippen LogP contribution >= 0.6 is 23.2 Å². The van der Waals surface area contributed by atoms with Crippen LogP contribution in [0.4, 0.5) is 0 Å². The van der Waals surface area contributed by atoms with Crippen LogP contribution in [-0.2, 0) is 9.59 Å². The maximum Gasteiger partial charge on any atom is 0.283 e. The number of hydrogen-bond acceptors (Lipinski definition) is 4. The van der Waals surface area contributed by atoms with E-state index in [4.69, 9.17) is 32.7 Å². The Hall–Kier alpha value is -2.70. The molecule has 0 saturated heterocycles. The summed E-state index contributed by atoms with van der Waals surface area (Å²) in [7, 11) is 0. The number of hydrazine groups is 1. The van der Waals surface area contributed by atoms with Crippen molar-refractivity contribution in [3.63, 3.8) is 0 Å². The Morgan fingerprint density at radius 3 is 2.46 bits per heavy atom. The summed E-state index contributed by atoms with van der Waals surface area (Å²) in [5, 5.41) is 0.918. The SMILES string of the molecule is O=C(/C=C/c1cc(Cl)cc(Cl)c1)NNC(=O)[C@H]1COc2ccccc2O1. The highest BCUT2D eigenvalue weighted by Crippen LogP contribution is 2.30. The van der Waals surface area contributed by atoms with Gasteiger partial charge in [-0.15, -0.1) is 0 Å². The van der Waals surface area contributed by atoms with Crippen molar-refractivity contribution in [1.29, 1.82) is 0 Å². The van der Waals surface area contributed by atoms with Crippen molar-refractivity contribution in [2.45, 2.75) is 6.10 Å². The second-order valence-electron chi connectivity index (χ2n) is 5.38. The summed E-state index contributed by atoms with van der Waals surface area (Å²) in [4.78, 5) is 23.9. The van der Waals surface area contributed by atoms with Crippen molar-refractivity contribution in [2.24, 2.45) is 0 Å². The summed E-state index contributed by atoms with van der Waals surface area (Å²) in [5.41, 5.74) is 5.23. The minimum atomic E-state index is -0.860. The number of nitrogens with one attached hydrogen (secondary N) is 2. The van der Waals surface area contributed by atoms with E-state index in [1.165, 1.54) is 12.2 Å². The number of rotatable bonds is 3. The normalized spacial score (nSPS) is 15.5. The van der Waals surface area contributed by atoms with Crippen molar-refractivity contribution in [3.05, 3.63) is 64.1 Å². The first-order chi connectivity index (χ1) is 12.5. The largest absolute Gasteiger partial charge is 0.485 e. The summed E-state index contributed by atoms with van der Waals surface area (Å²) < 4.78 is 11.0. The third-order valence-corrected chi connectivity index (χ3v) is 3.86. The lowest BCUT2D eigenvalue weighted by molar-refractivity contribution is -0.134. The molecule has 0 aromatic heterocycles. The summed E-state index contributed by atoms with van der Waals surface area (Å²) in [5.74, 6) is 0.00490. The molecule has 1 aliphatic heterocycles. The molecule has 2 amide bonds. The summed E-state index contributed by atoms with van der Waals surface area (Å²) in [6.07, 6.45) is 1.91. The Bertz CT molecular complexity index is 850. The van der Waals surface area contributed by atoms with Crippen molar-refractivity contribution in [3.8, 4) is 11.5 Å². The zero-order valence-corrected chi connectivity index (χ0v) is 14.9. The van der Waals surface area contributed by atoms with E-state index in [1.54, 1.807) is 36.4 Å². The average Bonchev–Trinajstić information content (AvgIpc) is 2.63. The molecule has 2 aromatic carbocycles. The molecule has 8 heteroatoms. The maximum absolute atomic E-state index is 12.1. The molecule has 0 bridgehead atoms. The predicted octanol–water partition coefficient (Wildman–Crippen LogP) is 2.99. The fourth-order valence-corrected chi connectivity index (χ4v) is 2.78. The zero-order valence-electron chi connectivity index (χ0n) is 13.4. The minimum Gasteiger partial charge on any atom is -0.485 e. The molecule has 0 saturated carbocycles. The summed E-state index contributed by atoms with van der Waals surface area (Å²) >= 11 is 11.8. The second kappa shape index (κ2) is 8.12. The van der Waals surface area contributed by atoms with E-state index in [-0.39, 0.29) is 6.61 Å². The third kappa shape index (κ3) is 4.68. The van der Waals surface area contributed by atoms with Crippen LogP contribution in [0.5, 0.6) is 11.5 Å². The van der Waals surface area contributed by atoms with Gasteiger partial charge in [0.15, 0.2) is 11.5 Å². The highest BCUT2D eigenvalue weighted by atomic mass is 35.5. The molecule has 6 nitrogen and oxygen atoms in total. The molecule has 0 unspecified atom stereocenters. The van der Waals surface area contributed by atoms with Gasteiger partial charge in [-0.05, 0) is 42.0 Å². The first-order valence-electron chi connectivity index (χ1n) is 7.64. The average molecular weight is 393 g/mol. The molecular weight excluding hydrogens is 379 g/mol. The number of carbonyl (C=O) groups excluding carboxylic acids is 2. The fraction of sp³-hybridized carbons (Fsp3) is 0.111. The third-order valence-electron chi connectivity index (χ3n) is 3.42.